The summed E-state index contributed by atoms with van der Waals surface area (Å²) in [6.45, 7) is 6.60. The number of benzene rings is 2. The van der Waals surface area contributed by atoms with Gasteiger partial charge in [-0.1, -0.05) is 32.0 Å². The maximum atomic E-state index is 13.2. The van der Waals surface area contributed by atoms with Crippen molar-refractivity contribution in [3.63, 3.8) is 0 Å². The van der Waals surface area contributed by atoms with Crippen LogP contribution in [0, 0.1) is 11.7 Å². The number of carbonyl (C=O) groups is 1. The number of nitrogens with one attached hydrogen (secondary N) is 1. The van der Waals surface area contributed by atoms with Gasteiger partial charge in [-0.05, 0) is 42.7 Å². The van der Waals surface area contributed by atoms with Crippen molar-refractivity contribution in [2.24, 2.45) is 11.7 Å². The highest BCUT2D eigenvalue weighted by Gasteiger charge is 2.28. The van der Waals surface area contributed by atoms with Crippen LogP contribution in [-0.2, 0) is 6.61 Å². The van der Waals surface area contributed by atoms with E-state index in [4.69, 9.17) is 10.5 Å². The monoisotopic (exact) mass is 380 g/mol. The lowest BCUT2D eigenvalue weighted by molar-refractivity contribution is 0.0883. The molecule has 6 heteroatoms. The van der Waals surface area contributed by atoms with Crippen LogP contribution < -0.4 is 15.8 Å². The molecule has 1 atom stereocenters. The predicted molar refractivity (Wildman–Crippen MR) is 104 cm³/mol. The van der Waals surface area contributed by atoms with E-state index in [1.54, 1.807) is 30.3 Å². The van der Waals surface area contributed by atoms with Crippen molar-refractivity contribution in [3.05, 3.63) is 65.5 Å². The van der Waals surface area contributed by atoms with Gasteiger partial charge in [0.25, 0.3) is 5.91 Å². The number of hydrogen-bond donors (Lipinski definition) is 2. The maximum absolute atomic E-state index is 13.2. The van der Waals surface area contributed by atoms with Crippen molar-refractivity contribution >= 4 is 18.3 Å². The summed E-state index contributed by atoms with van der Waals surface area (Å²) in [4.78, 5) is 12.5. The Morgan fingerprint density at radius 3 is 2.54 bits per heavy atom. The summed E-state index contributed by atoms with van der Waals surface area (Å²) in [6, 6.07) is 13.1. The molecular formula is C20H26ClFN2O2. The number of ether oxygens (including phenoxy) is 1. The molecule has 142 valence electrons. The fourth-order valence-corrected chi connectivity index (χ4v) is 2.29. The van der Waals surface area contributed by atoms with Crippen molar-refractivity contribution < 1.29 is 13.9 Å². The molecule has 0 fully saturated rings. The first-order chi connectivity index (χ1) is 11.8. The molecule has 0 spiro atoms. The van der Waals surface area contributed by atoms with E-state index < -0.39 is 5.54 Å². The van der Waals surface area contributed by atoms with Crippen LogP contribution in [0.1, 0.15) is 36.7 Å². The first-order valence-electron chi connectivity index (χ1n) is 8.34. The molecule has 4 nitrogen and oxygen atoms in total. The Hall–Kier alpha value is -2.11. The second-order valence-corrected chi connectivity index (χ2v) is 6.68. The minimum absolute atomic E-state index is 0. The van der Waals surface area contributed by atoms with Crippen LogP contribution in [0.4, 0.5) is 4.39 Å². The van der Waals surface area contributed by atoms with Crippen LogP contribution in [0.3, 0.4) is 0 Å². The van der Waals surface area contributed by atoms with E-state index in [0.29, 0.717) is 17.9 Å². The minimum Gasteiger partial charge on any atom is -0.489 e. The zero-order chi connectivity index (χ0) is 18.4. The Morgan fingerprint density at radius 2 is 1.92 bits per heavy atom. The molecule has 2 aromatic rings. The van der Waals surface area contributed by atoms with Crippen molar-refractivity contribution in [2.75, 3.05) is 6.54 Å². The first kappa shape index (κ1) is 21.9. The lowest BCUT2D eigenvalue weighted by Crippen LogP contribution is -2.55. The average Bonchev–Trinajstić information content (AvgIpc) is 2.60. The number of carbonyl (C=O) groups excluding carboxylic acids is 1. The number of halogens is 2. The van der Waals surface area contributed by atoms with Crippen molar-refractivity contribution in [3.8, 4) is 5.75 Å². The van der Waals surface area contributed by atoms with E-state index in [0.717, 1.165) is 5.56 Å². The third-order valence-electron chi connectivity index (χ3n) is 4.49. The first-order valence-corrected chi connectivity index (χ1v) is 8.34. The molecule has 0 radical (unpaired) electrons. The second kappa shape index (κ2) is 9.55. The Morgan fingerprint density at radius 1 is 1.23 bits per heavy atom. The lowest BCUT2D eigenvalue weighted by Gasteiger charge is -2.33. The van der Waals surface area contributed by atoms with Gasteiger partial charge in [0.05, 0.1) is 5.54 Å². The molecule has 0 aliphatic heterocycles. The summed E-state index contributed by atoms with van der Waals surface area (Å²) in [5.41, 5.74) is 6.73. The molecule has 0 aromatic heterocycles. The molecule has 3 N–H and O–H groups in total. The quantitative estimate of drug-likeness (QED) is 0.764. The Balaban J connectivity index is 0.00000338. The SMILES string of the molecule is CC(C)C(C)(CN)NC(=O)c1cccc(COc2cccc(F)c2)c1.Cl. The van der Waals surface area contributed by atoms with E-state index in [-0.39, 0.29) is 36.7 Å². The number of hydrogen-bond acceptors (Lipinski definition) is 3. The number of amides is 1. The van der Waals surface area contributed by atoms with Gasteiger partial charge in [0.1, 0.15) is 18.2 Å². The van der Waals surface area contributed by atoms with Gasteiger partial charge in [0.15, 0.2) is 0 Å². The average molecular weight is 381 g/mol. The van der Waals surface area contributed by atoms with Crippen LogP contribution in [0.15, 0.2) is 48.5 Å². The number of rotatable bonds is 7. The van der Waals surface area contributed by atoms with Gasteiger partial charge in [-0.2, -0.15) is 0 Å². The Kier molecular flexibility index (Phi) is 8.06. The largest absolute Gasteiger partial charge is 0.489 e. The van der Waals surface area contributed by atoms with Gasteiger partial charge in [-0.15, -0.1) is 12.4 Å². The lowest BCUT2D eigenvalue weighted by atomic mass is 9.88. The van der Waals surface area contributed by atoms with Crippen molar-refractivity contribution in [1.29, 1.82) is 0 Å². The summed E-state index contributed by atoms with van der Waals surface area (Å²) in [7, 11) is 0. The molecule has 1 unspecified atom stereocenters. The molecule has 0 saturated heterocycles. The molecular weight excluding hydrogens is 355 g/mol. The summed E-state index contributed by atoms with van der Waals surface area (Å²) < 4.78 is 18.8. The van der Waals surface area contributed by atoms with Gasteiger partial charge < -0.3 is 15.8 Å². The molecule has 1 amide bonds. The van der Waals surface area contributed by atoms with Crippen molar-refractivity contribution in [1.82, 2.24) is 5.32 Å². The summed E-state index contributed by atoms with van der Waals surface area (Å²) >= 11 is 0. The van der Waals surface area contributed by atoms with E-state index >= 15 is 0 Å². The molecule has 26 heavy (non-hydrogen) atoms. The Labute approximate surface area is 160 Å². The highest BCUT2D eigenvalue weighted by molar-refractivity contribution is 5.94. The molecule has 0 saturated carbocycles. The van der Waals surface area contributed by atoms with E-state index in [1.807, 2.05) is 26.8 Å². The van der Waals surface area contributed by atoms with E-state index in [2.05, 4.69) is 5.32 Å². The third-order valence-corrected chi connectivity index (χ3v) is 4.49. The van der Waals surface area contributed by atoms with Crippen LogP contribution >= 0.6 is 12.4 Å². The summed E-state index contributed by atoms with van der Waals surface area (Å²) in [5, 5.41) is 3.01. The molecule has 2 rings (SSSR count). The standard InChI is InChI=1S/C20H25FN2O2.ClH/c1-14(2)20(3,13-22)23-19(24)16-7-4-6-15(10-16)12-25-18-9-5-8-17(21)11-18;/h4-11,14H,12-13,22H2,1-3H3,(H,23,24);1H. The van der Waals surface area contributed by atoms with Gasteiger partial charge in [0, 0.05) is 18.2 Å². The van der Waals surface area contributed by atoms with Crippen LogP contribution in [0.25, 0.3) is 0 Å². The highest BCUT2D eigenvalue weighted by atomic mass is 35.5. The van der Waals surface area contributed by atoms with Gasteiger partial charge in [-0.3, -0.25) is 4.79 Å². The number of nitrogens with two attached hydrogens (primary N) is 1. The van der Waals surface area contributed by atoms with Gasteiger partial charge in [0.2, 0.25) is 0 Å². The molecule has 2 aromatic carbocycles. The predicted octanol–water partition coefficient (Wildman–Crippen LogP) is 3.93. The van der Waals surface area contributed by atoms with Gasteiger partial charge >= 0.3 is 0 Å². The topological polar surface area (TPSA) is 64.3 Å². The van der Waals surface area contributed by atoms with Crippen LogP contribution in [0.2, 0.25) is 0 Å². The fraction of sp³-hybridized carbons (Fsp3) is 0.350. The summed E-state index contributed by atoms with van der Waals surface area (Å²) in [5.74, 6) is 0.140. The fourth-order valence-electron chi connectivity index (χ4n) is 2.29. The van der Waals surface area contributed by atoms with Crippen molar-refractivity contribution in [2.45, 2.75) is 32.9 Å². The Bertz CT molecular complexity index is 739. The zero-order valence-electron chi connectivity index (χ0n) is 15.3. The second-order valence-electron chi connectivity index (χ2n) is 6.68. The molecule has 0 aliphatic rings. The molecule has 0 aliphatic carbocycles. The van der Waals surface area contributed by atoms with Gasteiger partial charge in [-0.25, -0.2) is 4.39 Å². The molecule has 0 bridgehead atoms. The zero-order valence-corrected chi connectivity index (χ0v) is 16.1. The normalized spacial score (nSPS) is 12.8. The van der Waals surface area contributed by atoms with Crippen LogP contribution in [-0.4, -0.2) is 18.0 Å². The van der Waals surface area contributed by atoms with E-state index in [1.165, 1.54) is 12.1 Å². The summed E-state index contributed by atoms with van der Waals surface area (Å²) in [6.07, 6.45) is 0. The highest BCUT2D eigenvalue weighted by Crippen LogP contribution is 2.17. The molecule has 0 heterocycles. The third kappa shape index (κ3) is 5.71. The minimum atomic E-state index is -0.467. The smallest absolute Gasteiger partial charge is 0.251 e. The van der Waals surface area contributed by atoms with Crippen LogP contribution in [0.5, 0.6) is 5.75 Å². The van der Waals surface area contributed by atoms with E-state index in [9.17, 15) is 9.18 Å². The maximum Gasteiger partial charge on any atom is 0.251 e.